The van der Waals surface area contributed by atoms with Gasteiger partial charge in [-0.25, -0.2) is 0 Å². The molecule has 6 heteroatoms. The Labute approximate surface area is 187 Å². The zero-order valence-corrected chi connectivity index (χ0v) is 17.8. The first-order valence-electron chi connectivity index (χ1n) is 10.9. The van der Waals surface area contributed by atoms with E-state index in [-0.39, 0.29) is 23.5 Å². The van der Waals surface area contributed by atoms with E-state index in [0.717, 1.165) is 11.3 Å². The van der Waals surface area contributed by atoms with Crippen molar-refractivity contribution in [1.29, 1.82) is 0 Å². The first-order chi connectivity index (χ1) is 15.6. The Kier molecular flexibility index (Phi) is 6.82. The van der Waals surface area contributed by atoms with E-state index >= 15 is 0 Å². The molecule has 3 aromatic carbocycles. The van der Waals surface area contributed by atoms with Crippen LogP contribution in [-0.4, -0.2) is 34.9 Å². The number of benzene rings is 3. The number of anilines is 2. The average Bonchev–Trinajstić information content (AvgIpc) is 2.82. The van der Waals surface area contributed by atoms with Gasteiger partial charge in [0.25, 0.3) is 0 Å². The van der Waals surface area contributed by atoms with Crippen LogP contribution in [0.2, 0.25) is 0 Å². The van der Waals surface area contributed by atoms with Gasteiger partial charge in [-0.1, -0.05) is 60.7 Å². The van der Waals surface area contributed by atoms with Crippen molar-refractivity contribution in [3.05, 3.63) is 90.5 Å². The second-order valence-electron chi connectivity index (χ2n) is 7.99. The summed E-state index contributed by atoms with van der Waals surface area (Å²) < 4.78 is 0. The van der Waals surface area contributed by atoms with E-state index in [4.69, 9.17) is 0 Å². The van der Waals surface area contributed by atoms with Crippen molar-refractivity contribution in [2.45, 2.75) is 18.9 Å². The number of likely N-dealkylation sites (tertiary alicyclic amines) is 1. The number of carbonyl (C=O) groups excluding carboxylic acids is 2. The highest BCUT2D eigenvalue weighted by Crippen LogP contribution is 2.30. The highest BCUT2D eigenvalue weighted by Gasteiger charge is 2.33. The standard InChI is InChI=1S/C26H27N3O3/c30-23-14-8-7-13-22(23)28-25(31)20-15-17-29(18-16-20)24(19-9-3-1-4-10-19)26(32)27-21-11-5-2-6-12-21/h1-14,20,24,30H,15-18H2,(H,27,32)(H,28,31). The molecule has 0 radical (unpaired) electrons. The van der Waals surface area contributed by atoms with E-state index in [1.807, 2.05) is 60.7 Å². The lowest BCUT2D eigenvalue weighted by Gasteiger charge is -2.36. The van der Waals surface area contributed by atoms with Gasteiger partial charge in [0.05, 0.1) is 5.69 Å². The molecule has 1 aliphatic heterocycles. The second kappa shape index (κ2) is 10.1. The van der Waals surface area contributed by atoms with Crippen LogP contribution in [0.5, 0.6) is 5.75 Å². The molecular weight excluding hydrogens is 402 g/mol. The van der Waals surface area contributed by atoms with E-state index in [1.54, 1.807) is 24.3 Å². The zero-order chi connectivity index (χ0) is 22.3. The minimum Gasteiger partial charge on any atom is -0.506 e. The lowest BCUT2D eigenvalue weighted by atomic mass is 9.93. The van der Waals surface area contributed by atoms with Crippen LogP contribution < -0.4 is 10.6 Å². The minimum atomic E-state index is -0.432. The number of aromatic hydroxyl groups is 1. The second-order valence-corrected chi connectivity index (χ2v) is 7.99. The normalized spacial score (nSPS) is 15.6. The van der Waals surface area contributed by atoms with Crippen molar-refractivity contribution in [3.8, 4) is 5.75 Å². The number of phenols is 1. The molecule has 32 heavy (non-hydrogen) atoms. The number of phenolic OH excluding ortho intramolecular Hbond substituents is 1. The summed E-state index contributed by atoms with van der Waals surface area (Å²) in [6, 6.07) is 25.5. The highest BCUT2D eigenvalue weighted by atomic mass is 16.3. The third kappa shape index (κ3) is 5.15. The summed E-state index contributed by atoms with van der Waals surface area (Å²) in [5, 5.41) is 15.8. The Morgan fingerprint density at radius 2 is 1.41 bits per heavy atom. The van der Waals surface area contributed by atoms with Crippen molar-refractivity contribution in [1.82, 2.24) is 4.90 Å². The van der Waals surface area contributed by atoms with Crippen molar-refractivity contribution in [2.24, 2.45) is 5.92 Å². The molecule has 0 bridgehead atoms. The summed E-state index contributed by atoms with van der Waals surface area (Å²) in [4.78, 5) is 28.1. The van der Waals surface area contributed by atoms with Gasteiger partial charge < -0.3 is 15.7 Å². The summed E-state index contributed by atoms with van der Waals surface area (Å²) >= 11 is 0. The van der Waals surface area contributed by atoms with Crippen LogP contribution in [0.4, 0.5) is 11.4 Å². The van der Waals surface area contributed by atoms with Gasteiger partial charge in [0.1, 0.15) is 11.8 Å². The summed E-state index contributed by atoms with van der Waals surface area (Å²) in [5.41, 5.74) is 2.11. The lowest BCUT2D eigenvalue weighted by molar-refractivity contribution is -0.124. The molecule has 1 fully saturated rings. The predicted octanol–water partition coefficient (Wildman–Crippen LogP) is 4.42. The fourth-order valence-electron chi connectivity index (χ4n) is 4.13. The van der Waals surface area contributed by atoms with Crippen molar-refractivity contribution in [2.75, 3.05) is 23.7 Å². The number of hydrogen-bond acceptors (Lipinski definition) is 4. The van der Waals surface area contributed by atoms with Crippen molar-refractivity contribution < 1.29 is 14.7 Å². The highest BCUT2D eigenvalue weighted by molar-refractivity contribution is 5.96. The maximum atomic E-state index is 13.2. The third-order valence-electron chi connectivity index (χ3n) is 5.83. The molecule has 0 saturated carbocycles. The van der Waals surface area contributed by atoms with Gasteiger partial charge in [-0.3, -0.25) is 14.5 Å². The van der Waals surface area contributed by atoms with Gasteiger partial charge in [0.15, 0.2) is 0 Å². The van der Waals surface area contributed by atoms with Crippen LogP contribution in [0.1, 0.15) is 24.4 Å². The molecule has 6 nitrogen and oxygen atoms in total. The SMILES string of the molecule is O=C(Nc1ccccc1O)C1CCN(C(C(=O)Nc2ccccc2)c2ccccc2)CC1. The summed E-state index contributed by atoms with van der Waals surface area (Å²) in [5.74, 6) is -0.296. The third-order valence-corrected chi connectivity index (χ3v) is 5.83. The van der Waals surface area contributed by atoms with Crippen LogP contribution in [0.15, 0.2) is 84.9 Å². The number of amides is 2. The minimum absolute atomic E-state index is 0.0556. The van der Waals surface area contributed by atoms with E-state index in [0.29, 0.717) is 31.6 Å². The molecular formula is C26H27N3O3. The van der Waals surface area contributed by atoms with Gasteiger partial charge in [-0.05, 0) is 55.8 Å². The summed E-state index contributed by atoms with van der Waals surface area (Å²) in [6.45, 7) is 1.25. The fraction of sp³-hybridized carbons (Fsp3) is 0.231. The topological polar surface area (TPSA) is 81.7 Å². The number of rotatable bonds is 6. The van der Waals surface area contributed by atoms with E-state index < -0.39 is 6.04 Å². The smallest absolute Gasteiger partial charge is 0.246 e. The monoisotopic (exact) mass is 429 g/mol. The number of nitrogens with one attached hydrogen (secondary N) is 2. The fourth-order valence-corrected chi connectivity index (χ4v) is 4.13. The van der Waals surface area contributed by atoms with E-state index in [9.17, 15) is 14.7 Å². The molecule has 3 aromatic rings. The molecule has 0 aromatic heterocycles. The van der Waals surface area contributed by atoms with Crippen LogP contribution >= 0.6 is 0 Å². The molecule has 1 unspecified atom stereocenters. The molecule has 2 amide bonds. The van der Waals surface area contributed by atoms with Gasteiger partial charge in [0, 0.05) is 11.6 Å². The largest absolute Gasteiger partial charge is 0.506 e. The average molecular weight is 430 g/mol. The Hall–Kier alpha value is -3.64. The Morgan fingerprint density at radius 3 is 2.06 bits per heavy atom. The zero-order valence-electron chi connectivity index (χ0n) is 17.8. The summed E-state index contributed by atoms with van der Waals surface area (Å²) in [7, 11) is 0. The first kappa shape index (κ1) is 21.6. The lowest BCUT2D eigenvalue weighted by Crippen LogP contribution is -2.44. The van der Waals surface area contributed by atoms with E-state index in [2.05, 4.69) is 15.5 Å². The molecule has 1 saturated heterocycles. The molecule has 4 rings (SSSR count). The van der Waals surface area contributed by atoms with E-state index in [1.165, 1.54) is 0 Å². The molecule has 1 atom stereocenters. The van der Waals surface area contributed by atoms with Gasteiger partial charge in [-0.2, -0.15) is 0 Å². The molecule has 3 N–H and O–H groups in total. The first-order valence-corrected chi connectivity index (χ1v) is 10.9. The molecule has 164 valence electrons. The Balaban J connectivity index is 1.44. The van der Waals surface area contributed by atoms with Crippen LogP contribution in [-0.2, 0) is 9.59 Å². The van der Waals surface area contributed by atoms with Crippen LogP contribution in [0.25, 0.3) is 0 Å². The quantitative estimate of drug-likeness (QED) is 0.507. The van der Waals surface area contributed by atoms with Crippen LogP contribution in [0.3, 0.4) is 0 Å². The maximum absolute atomic E-state index is 13.2. The predicted molar refractivity (Wildman–Crippen MR) is 125 cm³/mol. The number of hydrogen-bond donors (Lipinski definition) is 3. The van der Waals surface area contributed by atoms with Gasteiger partial charge in [0.2, 0.25) is 11.8 Å². The summed E-state index contributed by atoms with van der Waals surface area (Å²) in [6.07, 6.45) is 1.28. The number of piperidine rings is 1. The Bertz CT molecular complexity index is 1050. The van der Waals surface area contributed by atoms with Gasteiger partial charge in [-0.15, -0.1) is 0 Å². The number of para-hydroxylation sites is 3. The van der Waals surface area contributed by atoms with Crippen molar-refractivity contribution in [3.63, 3.8) is 0 Å². The van der Waals surface area contributed by atoms with Crippen molar-refractivity contribution >= 4 is 23.2 Å². The van der Waals surface area contributed by atoms with Crippen LogP contribution in [0, 0.1) is 5.92 Å². The molecule has 0 aliphatic carbocycles. The molecule has 0 spiro atoms. The molecule has 1 heterocycles. The number of carbonyl (C=O) groups is 2. The van der Waals surface area contributed by atoms with Gasteiger partial charge >= 0.3 is 0 Å². The maximum Gasteiger partial charge on any atom is 0.246 e. The Morgan fingerprint density at radius 1 is 0.812 bits per heavy atom. The number of nitrogens with zero attached hydrogens (tertiary/aromatic N) is 1. The molecule has 1 aliphatic rings.